The molecule has 0 radical (unpaired) electrons. The molecule has 90 valence electrons. The molecule has 1 aromatic rings. The normalized spacial score (nSPS) is 10.9. The van der Waals surface area contributed by atoms with Crippen LogP contribution in [0.15, 0.2) is 12.3 Å². The van der Waals surface area contributed by atoms with E-state index in [0.717, 1.165) is 29.5 Å². The minimum absolute atomic E-state index is 0.621. The van der Waals surface area contributed by atoms with Crippen molar-refractivity contribution in [3.05, 3.63) is 22.8 Å². The summed E-state index contributed by atoms with van der Waals surface area (Å²) in [5.74, 6) is 1.60. The van der Waals surface area contributed by atoms with Crippen molar-refractivity contribution >= 4 is 17.4 Å². The van der Waals surface area contributed by atoms with E-state index in [0.29, 0.717) is 5.92 Å². The van der Waals surface area contributed by atoms with Crippen LogP contribution in [0.3, 0.4) is 0 Å². The number of pyridine rings is 1. The fraction of sp³-hybridized carbons (Fsp3) is 0.583. The first-order valence-corrected chi connectivity index (χ1v) is 5.92. The Morgan fingerprint density at radius 1 is 1.50 bits per heavy atom. The highest BCUT2D eigenvalue weighted by Gasteiger charge is 2.07. The smallest absolute Gasteiger partial charge is 0.128 e. The number of anilines is 1. The van der Waals surface area contributed by atoms with Crippen molar-refractivity contribution in [2.45, 2.75) is 20.4 Å². The lowest BCUT2D eigenvalue weighted by Gasteiger charge is -2.21. The van der Waals surface area contributed by atoms with Crippen LogP contribution in [0, 0.1) is 5.92 Å². The number of halogens is 1. The second-order valence-corrected chi connectivity index (χ2v) is 4.85. The zero-order valence-corrected chi connectivity index (χ0v) is 11.2. The van der Waals surface area contributed by atoms with Crippen LogP contribution in [0.2, 0.25) is 5.02 Å². The van der Waals surface area contributed by atoms with E-state index < -0.39 is 0 Å². The van der Waals surface area contributed by atoms with Crippen molar-refractivity contribution in [3.63, 3.8) is 0 Å². The monoisotopic (exact) mass is 241 g/mol. The highest BCUT2D eigenvalue weighted by Crippen LogP contribution is 2.20. The molecule has 0 fully saturated rings. The number of hydrogen-bond donors (Lipinski definition) is 1. The van der Waals surface area contributed by atoms with E-state index in [2.05, 4.69) is 36.1 Å². The molecule has 0 aliphatic carbocycles. The summed E-state index contributed by atoms with van der Waals surface area (Å²) in [5, 5.41) is 3.82. The van der Waals surface area contributed by atoms with Crippen LogP contribution < -0.4 is 10.2 Å². The van der Waals surface area contributed by atoms with E-state index >= 15 is 0 Å². The first-order chi connectivity index (χ1) is 7.54. The van der Waals surface area contributed by atoms with E-state index in [4.69, 9.17) is 11.6 Å². The summed E-state index contributed by atoms with van der Waals surface area (Å²) in [7, 11) is 3.97. The predicted molar refractivity (Wildman–Crippen MR) is 70.1 cm³/mol. The van der Waals surface area contributed by atoms with Gasteiger partial charge in [-0.2, -0.15) is 0 Å². The lowest BCUT2D eigenvalue weighted by molar-refractivity contribution is 0.634. The third-order valence-electron chi connectivity index (χ3n) is 2.32. The van der Waals surface area contributed by atoms with E-state index in [-0.39, 0.29) is 0 Å². The predicted octanol–water partition coefficient (Wildman–Crippen LogP) is 2.55. The van der Waals surface area contributed by atoms with Crippen LogP contribution >= 0.6 is 11.6 Å². The lowest BCUT2D eigenvalue weighted by Crippen LogP contribution is -2.23. The van der Waals surface area contributed by atoms with Crippen LogP contribution in [0.25, 0.3) is 0 Å². The average molecular weight is 242 g/mol. The van der Waals surface area contributed by atoms with Gasteiger partial charge in [-0.25, -0.2) is 4.98 Å². The van der Waals surface area contributed by atoms with Gasteiger partial charge in [0.25, 0.3) is 0 Å². The topological polar surface area (TPSA) is 28.2 Å². The third-order valence-corrected chi connectivity index (χ3v) is 2.66. The Kier molecular flexibility index (Phi) is 5.03. The zero-order valence-electron chi connectivity index (χ0n) is 10.4. The molecule has 0 spiro atoms. The molecule has 0 bridgehead atoms. The fourth-order valence-corrected chi connectivity index (χ4v) is 1.81. The number of hydrogen-bond acceptors (Lipinski definition) is 3. The lowest BCUT2D eigenvalue weighted by atomic mass is 10.2. The van der Waals surface area contributed by atoms with E-state index in [1.807, 2.05) is 13.1 Å². The Morgan fingerprint density at radius 3 is 2.75 bits per heavy atom. The van der Waals surface area contributed by atoms with Gasteiger partial charge in [0.05, 0.1) is 5.02 Å². The molecule has 16 heavy (non-hydrogen) atoms. The molecule has 1 aromatic heterocycles. The molecule has 0 amide bonds. The van der Waals surface area contributed by atoms with E-state index in [1.54, 1.807) is 6.20 Å². The van der Waals surface area contributed by atoms with Gasteiger partial charge in [-0.3, -0.25) is 0 Å². The van der Waals surface area contributed by atoms with Crippen LogP contribution in [-0.4, -0.2) is 25.6 Å². The van der Waals surface area contributed by atoms with Crippen LogP contribution in [0.1, 0.15) is 19.4 Å². The summed E-state index contributed by atoms with van der Waals surface area (Å²) in [6, 6.07) is 2.04. The summed E-state index contributed by atoms with van der Waals surface area (Å²) in [6.45, 7) is 6.15. The standard InChI is InChI=1S/C12H20ClN3/c1-9(2)8-16(4)12-5-10(6-14-3)11(13)7-15-12/h5,7,9,14H,6,8H2,1-4H3. The Balaban J connectivity index is 2.84. The molecule has 0 atom stereocenters. The molecule has 0 aliphatic heterocycles. The van der Waals surface area contributed by atoms with Gasteiger partial charge in [0.2, 0.25) is 0 Å². The van der Waals surface area contributed by atoms with Gasteiger partial charge in [0, 0.05) is 26.3 Å². The van der Waals surface area contributed by atoms with Gasteiger partial charge in [0.1, 0.15) is 5.82 Å². The summed E-state index contributed by atoms with van der Waals surface area (Å²) < 4.78 is 0. The highest BCUT2D eigenvalue weighted by molar-refractivity contribution is 6.31. The zero-order chi connectivity index (χ0) is 12.1. The van der Waals surface area contributed by atoms with Crippen LogP contribution in [0.5, 0.6) is 0 Å². The second kappa shape index (κ2) is 6.06. The summed E-state index contributed by atoms with van der Waals surface area (Å²) in [5.41, 5.74) is 1.09. The average Bonchev–Trinajstić information content (AvgIpc) is 2.20. The molecule has 0 saturated heterocycles. The molecule has 3 nitrogen and oxygen atoms in total. The van der Waals surface area contributed by atoms with Gasteiger partial charge in [-0.1, -0.05) is 25.4 Å². The van der Waals surface area contributed by atoms with Crippen molar-refractivity contribution in [1.29, 1.82) is 0 Å². The minimum Gasteiger partial charge on any atom is -0.359 e. The summed E-state index contributed by atoms with van der Waals surface area (Å²) in [6.07, 6.45) is 1.72. The second-order valence-electron chi connectivity index (χ2n) is 4.44. The summed E-state index contributed by atoms with van der Waals surface area (Å²) >= 11 is 6.06. The van der Waals surface area contributed by atoms with Gasteiger partial charge >= 0.3 is 0 Å². The van der Waals surface area contributed by atoms with Gasteiger partial charge < -0.3 is 10.2 Å². The van der Waals surface area contributed by atoms with E-state index in [1.165, 1.54) is 0 Å². The molecule has 0 aromatic carbocycles. The van der Waals surface area contributed by atoms with Crippen LogP contribution in [-0.2, 0) is 6.54 Å². The maximum Gasteiger partial charge on any atom is 0.128 e. The Morgan fingerprint density at radius 2 is 2.19 bits per heavy atom. The molecule has 0 saturated carbocycles. The van der Waals surface area contributed by atoms with Crippen molar-refractivity contribution in [2.75, 3.05) is 25.5 Å². The summed E-state index contributed by atoms with van der Waals surface area (Å²) in [4.78, 5) is 6.49. The first kappa shape index (κ1) is 13.3. The van der Waals surface area contributed by atoms with Gasteiger partial charge in [0.15, 0.2) is 0 Å². The number of nitrogens with zero attached hydrogens (tertiary/aromatic N) is 2. The Labute approximate surface area is 103 Å². The quantitative estimate of drug-likeness (QED) is 0.859. The van der Waals surface area contributed by atoms with Gasteiger partial charge in [-0.05, 0) is 24.6 Å². The molecular weight excluding hydrogens is 222 g/mol. The molecule has 1 heterocycles. The van der Waals surface area contributed by atoms with Crippen molar-refractivity contribution in [1.82, 2.24) is 10.3 Å². The maximum absolute atomic E-state index is 6.06. The molecule has 1 rings (SSSR count). The van der Waals surface area contributed by atoms with Gasteiger partial charge in [-0.15, -0.1) is 0 Å². The largest absolute Gasteiger partial charge is 0.359 e. The Hall–Kier alpha value is -0.800. The molecule has 0 aliphatic rings. The molecule has 1 N–H and O–H groups in total. The minimum atomic E-state index is 0.621. The first-order valence-electron chi connectivity index (χ1n) is 5.54. The highest BCUT2D eigenvalue weighted by atomic mass is 35.5. The maximum atomic E-state index is 6.06. The SMILES string of the molecule is CNCc1cc(N(C)CC(C)C)ncc1Cl. The molecule has 0 unspecified atom stereocenters. The fourth-order valence-electron chi connectivity index (χ4n) is 1.64. The molecule has 4 heteroatoms. The number of rotatable bonds is 5. The van der Waals surface area contributed by atoms with Crippen molar-refractivity contribution in [3.8, 4) is 0 Å². The van der Waals surface area contributed by atoms with Crippen LogP contribution in [0.4, 0.5) is 5.82 Å². The Bertz CT molecular complexity index is 339. The van der Waals surface area contributed by atoms with Crippen molar-refractivity contribution < 1.29 is 0 Å². The number of nitrogens with one attached hydrogen (secondary N) is 1. The third kappa shape index (κ3) is 3.65. The van der Waals surface area contributed by atoms with E-state index in [9.17, 15) is 0 Å². The molecular formula is C12H20ClN3. The van der Waals surface area contributed by atoms with Crippen molar-refractivity contribution in [2.24, 2.45) is 5.92 Å². The number of aromatic nitrogens is 1.